The maximum Gasteiger partial charge on any atom is 0.266 e. The van der Waals surface area contributed by atoms with Gasteiger partial charge < -0.3 is 5.32 Å². The minimum atomic E-state index is -0.396. The first-order valence-corrected chi connectivity index (χ1v) is 10.5. The fourth-order valence-corrected chi connectivity index (χ4v) is 4.56. The van der Waals surface area contributed by atoms with Crippen LogP contribution in [0.1, 0.15) is 66.6 Å². The summed E-state index contributed by atoms with van der Waals surface area (Å²) in [5.74, 6) is -0.992. The van der Waals surface area contributed by atoms with Crippen LogP contribution in [-0.4, -0.2) is 17.7 Å². The molecule has 0 saturated carbocycles. The van der Waals surface area contributed by atoms with Gasteiger partial charge in [0.05, 0.1) is 22.9 Å². The maximum absolute atomic E-state index is 13.1. The van der Waals surface area contributed by atoms with E-state index in [4.69, 9.17) is 0 Å². The van der Waals surface area contributed by atoms with E-state index in [9.17, 15) is 14.4 Å². The highest BCUT2D eigenvalue weighted by Crippen LogP contribution is 2.32. The summed E-state index contributed by atoms with van der Waals surface area (Å²) in [6, 6.07) is 20.1. The fraction of sp³-hybridized carbons (Fsp3) is 0.192. The number of amides is 3. The molecule has 0 bridgehead atoms. The van der Waals surface area contributed by atoms with Crippen molar-refractivity contribution in [3.63, 3.8) is 0 Å². The topological polar surface area (TPSA) is 66.5 Å². The molecule has 1 N–H and O–H groups in total. The highest BCUT2D eigenvalue weighted by Gasteiger charge is 2.37. The number of hydrogen-bond acceptors (Lipinski definition) is 3. The lowest BCUT2D eigenvalue weighted by molar-refractivity contribution is 0.0920. The van der Waals surface area contributed by atoms with Crippen LogP contribution in [0.25, 0.3) is 0 Å². The molecule has 1 atom stereocenters. The second kappa shape index (κ2) is 7.51. The van der Waals surface area contributed by atoms with Crippen molar-refractivity contribution >= 4 is 23.4 Å². The number of para-hydroxylation sites is 1. The van der Waals surface area contributed by atoms with E-state index in [0.717, 1.165) is 30.4 Å². The van der Waals surface area contributed by atoms with E-state index in [-0.39, 0.29) is 23.4 Å². The van der Waals surface area contributed by atoms with Gasteiger partial charge in [0.15, 0.2) is 0 Å². The number of carbonyl (C=O) groups excluding carboxylic acids is 3. The molecule has 1 aliphatic heterocycles. The summed E-state index contributed by atoms with van der Waals surface area (Å²) < 4.78 is 0. The smallest absolute Gasteiger partial charge is 0.266 e. The minimum Gasteiger partial charge on any atom is -0.345 e. The van der Waals surface area contributed by atoms with E-state index < -0.39 is 5.91 Å². The number of anilines is 1. The van der Waals surface area contributed by atoms with E-state index in [1.54, 1.807) is 24.3 Å². The predicted molar refractivity (Wildman–Crippen MR) is 118 cm³/mol. The van der Waals surface area contributed by atoms with Crippen LogP contribution >= 0.6 is 0 Å². The summed E-state index contributed by atoms with van der Waals surface area (Å²) in [5.41, 5.74) is 4.81. The van der Waals surface area contributed by atoms with Crippen LogP contribution < -0.4 is 10.2 Å². The van der Waals surface area contributed by atoms with Crippen LogP contribution in [0.4, 0.5) is 5.69 Å². The van der Waals surface area contributed by atoms with Crippen molar-refractivity contribution in [1.82, 2.24) is 5.32 Å². The molecule has 3 aromatic carbocycles. The highest BCUT2D eigenvalue weighted by molar-refractivity contribution is 6.35. The molecule has 5 rings (SSSR count). The number of nitrogens with zero attached hydrogens (tertiary/aromatic N) is 1. The third-order valence-electron chi connectivity index (χ3n) is 6.18. The van der Waals surface area contributed by atoms with Crippen molar-refractivity contribution in [3.8, 4) is 0 Å². The van der Waals surface area contributed by atoms with Gasteiger partial charge in [-0.25, -0.2) is 4.90 Å². The Morgan fingerprint density at radius 3 is 2.52 bits per heavy atom. The van der Waals surface area contributed by atoms with Crippen molar-refractivity contribution in [2.75, 3.05) is 4.90 Å². The molecule has 0 unspecified atom stereocenters. The Balaban J connectivity index is 1.42. The van der Waals surface area contributed by atoms with E-state index >= 15 is 0 Å². The van der Waals surface area contributed by atoms with Crippen molar-refractivity contribution in [1.29, 1.82) is 0 Å². The quantitative estimate of drug-likeness (QED) is 0.642. The number of fused-ring (bicyclic) bond motifs is 2. The molecule has 31 heavy (non-hydrogen) atoms. The molecule has 0 aromatic heterocycles. The molecule has 5 nitrogen and oxygen atoms in total. The molecule has 3 amide bonds. The third kappa shape index (κ3) is 3.22. The minimum absolute atomic E-state index is 0.0495. The molecule has 1 aliphatic carbocycles. The molecule has 5 heteroatoms. The van der Waals surface area contributed by atoms with E-state index in [0.29, 0.717) is 16.8 Å². The van der Waals surface area contributed by atoms with Crippen molar-refractivity contribution < 1.29 is 14.4 Å². The second-order valence-electron chi connectivity index (χ2n) is 8.11. The standard InChI is InChI=1S/C26H22N2O3/c1-16-7-2-5-12-23(16)28-25(30)20-14-13-18(15-21(20)26(28)31)24(29)27-22-11-6-9-17-8-3-4-10-19(17)22/h2-5,7-8,10,12-15,22H,6,9,11H2,1H3,(H,27,29)/t22-/m1/s1. The summed E-state index contributed by atoms with van der Waals surface area (Å²) in [6.45, 7) is 1.86. The monoisotopic (exact) mass is 410 g/mol. The van der Waals surface area contributed by atoms with Gasteiger partial charge in [-0.2, -0.15) is 0 Å². The molecule has 154 valence electrons. The second-order valence-corrected chi connectivity index (χ2v) is 8.11. The van der Waals surface area contributed by atoms with Gasteiger partial charge >= 0.3 is 0 Å². The van der Waals surface area contributed by atoms with E-state index in [1.165, 1.54) is 16.5 Å². The Morgan fingerprint density at radius 1 is 0.935 bits per heavy atom. The molecular weight excluding hydrogens is 388 g/mol. The molecule has 0 fully saturated rings. The van der Waals surface area contributed by atoms with E-state index in [2.05, 4.69) is 17.4 Å². The van der Waals surface area contributed by atoms with Gasteiger partial charge in [0, 0.05) is 5.56 Å². The van der Waals surface area contributed by atoms with Crippen LogP contribution in [0, 0.1) is 6.92 Å². The van der Waals surface area contributed by atoms with Gasteiger partial charge in [-0.3, -0.25) is 14.4 Å². The lowest BCUT2D eigenvalue weighted by Crippen LogP contribution is -2.31. The van der Waals surface area contributed by atoms with Crippen LogP contribution in [0.3, 0.4) is 0 Å². The Kier molecular flexibility index (Phi) is 4.66. The van der Waals surface area contributed by atoms with E-state index in [1.807, 2.05) is 31.2 Å². The zero-order valence-corrected chi connectivity index (χ0v) is 17.2. The lowest BCUT2D eigenvalue weighted by Gasteiger charge is -2.26. The van der Waals surface area contributed by atoms with Crippen LogP contribution in [0.2, 0.25) is 0 Å². The molecule has 0 radical (unpaired) electrons. The van der Waals surface area contributed by atoms with Crippen LogP contribution in [0.5, 0.6) is 0 Å². The summed E-state index contributed by atoms with van der Waals surface area (Å²) in [7, 11) is 0. The van der Waals surface area contributed by atoms with Gasteiger partial charge in [-0.1, -0.05) is 42.5 Å². The van der Waals surface area contributed by atoms with Gasteiger partial charge in [0.2, 0.25) is 0 Å². The first-order chi connectivity index (χ1) is 15.0. The number of benzene rings is 3. The van der Waals surface area contributed by atoms with Crippen molar-refractivity contribution in [2.45, 2.75) is 32.2 Å². The first-order valence-electron chi connectivity index (χ1n) is 10.5. The van der Waals surface area contributed by atoms with Crippen molar-refractivity contribution in [3.05, 3.63) is 100 Å². The van der Waals surface area contributed by atoms with Gasteiger partial charge in [-0.15, -0.1) is 0 Å². The Hall–Kier alpha value is -3.73. The molecular formula is C26H22N2O3. The number of hydrogen-bond donors (Lipinski definition) is 1. The zero-order chi connectivity index (χ0) is 21.5. The average molecular weight is 410 g/mol. The molecule has 1 heterocycles. The number of carbonyl (C=O) groups is 3. The Labute approximate surface area is 180 Å². The fourth-order valence-electron chi connectivity index (χ4n) is 4.56. The molecule has 0 saturated heterocycles. The Bertz CT molecular complexity index is 1230. The number of imide groups is 1. The lowest BCUT2D eigenvalue weighted by atomic mass is 9.87. The average Bonchev–Trinajstić information content (AvgIpc) is 3.04. The normalized spacial score (nSPS) is 17.3. The molecule has 3 aromatic rings. The highest BCUT2D eigenvalue weighted by atomic mass is 16.2. The van der Waals surface area contributed by atoms with Crippen molar-refractivity contribution in [2.24, 2.45) is 0 Å². The number of nitrogens with one attached hydrogen (secondary N) is 1. The van der Waals surface area contributed by atoms with Crippen LogP contribution in [0.15, 0.2) is 66.7 Å². The summed E-state index contributed by atoms with van der Waals surface area (Å²) in [5, 5.41) is 3.11. The van der Waals surface area contributed by atoms with Crippen LogP contribution in [-0.2, 0) is 6.42 Å². The summed E-state index contributed by atoms with van der Waals surface area (Å²) in [6.07, 6.45) is 2.92. The van der Waals surface area contributed by atoms with Gasteiger partial charge in [0.1, 0.15) is 0 Å². The number of rotatable bonds is 3. The largest absolute Gasteiger partial charge is 0.345 e. The third-order valence-corrected chi connectivity index (χ3v) is 6.18. The molecule has 0 spiro atoms. The molecule has 2 aliphatic rings. The summed E-state index contributed by atoms with van der Waals surface area (Å²) >= 11 is 0. The van der Waals surface area contributed by atoms with Gasteiger partial charge in [-0.05, 0) is 67.1 Å². The predicted octanol–water partition coefficient (Wildman–Crippen LogP) is 4.60. The first kappa shape index (κ1) is 19.2. The van der Waals surface area contributed by atoms with Gasteiger partial charge in [0.25, 0.3) is 17.7 Å². The zero-order valence-electron chi connectivity index (χ0n) is 17.2. The maximum atomic E-state index is 13.1. The summed E-state index contributed by atoms with van der Waals surface area (Å²) in [4.78, 5) is 40.2. The number of aryl methyl sites for hydroxylation is 2. The Morgan fingerprint density at radius 2 is 1.68 bits per heavy atom. The SMILES string of the molecule is Cc1ccccc1N1C(=O)c2ccc(C(=O)N[C@@H]3CCCc4ccccc43)cc2C1=O.